The predicted molar refractivity (Wildman–Crippen MR) is 83.9 cm³/mol. The van der Waals surface area contributed by atoms with Crippen LogP contribution in [0.2, 0.25) is 0 Å². The molecule has 0 spiro atoms. The van der Waals surface area contributed by atoms with E-state index in [9.17, 15) is 4.79 Å². The second-order valence-electron chi connectivity index (χ2n) is 6.16. The molecule has 21 heavy (non-hydrogen) atoms. The molecule has 1 aliphatic rings. The van der Waals surface area contributed by atoms with Crippen LogP contribution in [0.5, 0.6) is 0 Å². The fraction of sp³-hybridized carbons (Fsp3) is 0.588. The Bertz CT molecular complexity index is 501. The molecule has 1 fully saturated rings. The summed E-state index contributed by atoms with van der Waals surface area (Å²) in [6.45, 7) is 8.84. The molecule has 4 heteroatoms. The van der Waals surface area contributed by atoms with Crippen LogP contribution in [0.4, 0.5) is 0 Å². The molecule has 1 aromatic rings. The molecule has 2 rings (SSSR count). The highest BCUT2D eigenvalue weighted by atomic mass is 16.5. The maximum Gasteiger partial charge on any atom is 0.241 e. The largest absolute Gasteiger partial charge is 0.383 e. The molecular formula is C17H26N2O2. The number of ether oxygens (including phenoxy) is 1. The molecule has 4 nitrogen and oxygen atoms in total. The minimum absolute atomic E-state index is 0.0729. The maximum atomic E-state index is 12.6. The monoisotopic (exact) mass is 290 g/mol. The van der Waals surface area contributed by atoms with Crippen LogP contribution in [0, 0.1) is 12.8 Å². The lowest BCUT2D eigenvalue weighted by Gasteiger charge is -2.35. The maximum absolute atomic E-state index is 12.6. The van der Waals surface area contributed by atoms with Crippen LogP contribution in [0.15, 0.2) is 24.3 Å². The van der Waals surface area contributed by atoms with Gasteiger partial charge >= 0.3 is 0 Å². The van der Waals surface area contributed by atoms with Crippen LogP contribution in [0.3, 0.4) is 0 Å². The molecule has 3 unspecified atom stereocenters. The molecule has 1 heterocycles. The van der Waals surface area contributed by atoms with E-state index in [1.807, 2.05) is 24.0 Å². The second-order valence-corrected chi connectivity index (χ2v) is 6.16. The molecule has 0 bridgehead atoms. The lowest BCUT2D eigenvalue weighted by Crippen LogP contribution is -2.45. The Balaban J connectivity index is 2.39. The molecule has 0 radical (unpaired) electrons. The molecule has 1 saturated heterocycles. The number of rotatable bonds is 5. The number of methoxy groups -OCH3 is 1. The number of carbonyl (C=O) groups is 1. The van der Waals surface area contributed by atoms with Crippen molar-refractivity contribution in [1.82, 2.24) is 10.2 Å². The van der Waals surface area contributed by atoms with E-state index in [4.69, 9.17) is 4.74 Å². The number of hydrogen-bond acceptors (Lipinski definition) is 3. The van der Waals surface area contributed by atoms with Crippen LogP contribution in [-0.4, -0.2) is 36.6 Å². The zero-order valence-corrected chi connectivity index (χ0v) is 13.6. The highest BCUT2D eigenvalue weighted by Crippen LogP contribution is 2.31. The smallest absolute Gasteiger partial charge is 0.241 e. The van der Waals surface area contributed by atoms with Crippen molar-refractivity contribution in [2.75, 3.05) is 13.7 Å². The van der Waals surface area contributed by atoms with E-state index in [2.05, 4.69) is 38.2 Å². The van der Waals surface area contributed by atoms with Gasteiger partial charge in [-0.15, -0.1) is 0 Å². The number of aryl methyl sites for hydroxylation is 1. The second kappa shape index (κ2) is 6.58. The van der Waals surface area contributed by atoms with E-state index >= 15 is 0 Å². The molecule has 0 aromatic heterocycles. The minimum atomic E-state index is -0.160. The van der Waals surface area contributed by atoms with Gasteiger partial charge in [0.05, 0.1) is 18.7 Å². The van der Waals surface area contributed by atoms with Crippen molar-refractivity contribution < 1.29 is 9.53 Å². The summed E-state index contributed by atoms with van der Waals surface area (Å²) < 4.78 is 5.35. The Morgan fingerprint density at radius 2 is 2.00 bits per heavy atom. The average Bonchev–Trinajstić information content (AvgIpc) is 2.72. The summed E-state index contributed by atoms with van der Waals surface area (Å²) in [7, 11) is 1.69. The summed E-state index contributed by atoms with van der Waals surface area (Å²) in [6, 6.07) is 8.14. The van der Waals surface area contributed by atoms with Crippen molar-refractivity contribution in [2.45, 2.75) is 45.9 Å². The summed E-state index contributed by atoms with van der Waals surface area (Å²) >= 11 is 0. The zero-order chi connectivity index (χ0) is 15.6. The van der Waals surface area contributed by atoms with Gasteiger partial charge in [0, 0.05) is 7.11 Å². The summed E-state index contributed by atoms with van der Waals surface area (Å²) in [5.41, 5.74) is 2.36. The lowest BCUT2D eigenvalue weighted by molar-refractivity contribution is -0.134. The van der Waals surface area contributed by atoms with Gasteiger partial charge in [0.25, 0.3) is 0 Å². The first-order chi connectivity index (χ1) is 9.97. The number of amides is 1. The van der Waals surface area contributed by atoms with Crippen molar-refractivity contribution in [3.8, 4) is 0 Å². The van der Waals surface area contributed by atoms with Crippen molar-refractivity contribution >= 4 is 5.91 Å². The number of nitrogens with one attached hydrogen (secondary N) is 1. The predicted octanol–water partition coefficient (Wildman–Crippen LogP) is 2.48. The summed E-state index contributed by atoms with van der Waals surface area (Å²) in [5.74, 6) is 0.492. The standard InChI is InChI=1S/C17H26N2O2/c1-11(2)15(10-21-5)19-16(18-13(4)17(19)20)14-9-7-6-8-12(14)3/h6-9,11,13,15-16,18H,10H2,1-5H3. The summed E-state index contributed by atoms with van der Waals surface area (Å²) in [6.07, 6.45) is -0.0729. The van der Waals surface area contributed by atoms with Gasteiger partial charge in [-0.1, -0.05) is 38.1 Å². The Morgan fingerprint density at radius 3 is 2.57 bits per heavy atom. The zero-order valence-electron chi connectivity index (χ0n) is 13.6. The van der Waals surface area contributed by atoms with Crippen molar-refractivity contribution in [3.63, 3.8) is 0 Å². The van der Waals surface area contributed by atoms with Gasteiger partial charge in [-0.05, 0) is 30.9 Å². The number of benzene rings is 1. The SMILES string of the molecule is COCC(C(C)C)N1C(=O)C(C)NC1c1ccccc1C. The van der Waals surface area contributed by atoms with Gasteiger partial charge < -0.3 is 9.64 Å². The molecule has 1 aliphatic heterocycles. The minimum Gasteiger partial charge on any atom is -0.383 e. The normalized spacial score (nSPS) is 23.9. The van der Waals surface area contributed by atoms with Gasteiger partial charge in [0.1, 0.15) is 6.17 Å². The lowest BCUT2D eigenvalue weighted by atomic mass is 10.00. The first-order valence-corrected chi connectivity index (χ1v) is 7.60. The summed E-state index contributed by atoms with van der Waals surface area (Å²) in [5, 5.41) is 3.43. The van der Waals surface area contributed by atoms with E-state index in [0.717, 1.165) is 5.56 Å². The van der Waals surface area contributed by atoms with E-state index in [1.54, 1.807) is 7.11 Å². The van der Waals surface area contributed by atoms with E-state index in [-0.39, 0.29) is 24.2 Å². The van der Waals surface area contributed by atoms with Crippen LogP contribution in [-0.2, 0) is 9.53 Å². The Labute approximate surface area is 127 Å². The molecular weight excluding hydrogens is 264 g/mol. The number of carbonyl (C=O) groups excluding carboxylic acids is 1. The fourth-order valence-corrected chi connectivity index (χ4v) is 2.99. The van der Waals surface area contributed by atoms with Crippen LogP contribution >= 0.6 is 0 Å². The molecule has 0 aliphatic carbocycles. The number of hydrogen-bond donors (Lipinski definition) is 1. The summed E-state index contributed by atoms with van der Waals surface area (Å²) in [4.78, 5) is 14.6. The van der Waals surface area contributed by atoms with E-state index < -0.39 is 0 Å². The van der Waals surface area contributed by atoms with Gasteiger partial charge in [-0.2, -0.15) is 0 Å². The van der Waals surface area contributed by atoms with Crippen molar-refractivity contribution in [2.24, 2.45) is 5.92 Å². The molecule has 3 atom stereocenters. The van der Waals surface area contributed by atoms with Crippen molar-refractivity contribution in [1.29, 1.82) is 0 Å². The number of nitrogens with zero attached hydrogens (tertiary/aromatic N) is 1. The van der Waals surface area contributed by atoms with Gasteiger partial charge in [-0.25, -0.2) is 0 Å². The topological polar surface area (TPSA) is 41.6 Å². The quantitative estimate of drug-likeness (QED) is 0.906. The van der Waals surface area contributed by atoms with Crippen LogP contribution < -0.4 is 5.32 Å². The Hall–Kier alpha value is -1.39. The first kappa shape index (κ1) is 16.0. The van der Waals surface area contributed by atoms with Crippen LogP contribution in [0.1, 0.15) is 38.1 Å². The van der Waals surface area contributed by atoms with E-state index in [1.165, 1.54) is 5.56 Å². The molecule has 0 saturated carbocycles. The fourth-order valence-electron chi connectivity index (χ4n) is 2.99. The molecule has 1 N–H and O–H groups in total. The Morgan fingerprint density at radius 1 is 1.33 bits per heavy atom. The van der Waals surface area contributed by atoms with Gasteiger partial charge in [0.2, 0.25) is 5.91 Å². The van der Waals surface area contributed by atoms with Gasteiger partial charge in [-0.3, -0.25) is 10.1 Å². The third kappa shape index (κ3) is 3.11. The average molecular weight is 290 g/mol. The van der Waals surface area contributed by atoms with Gasteiger partial charge in [0.15, 0.2) is 0 Å². The highest BCUT2D eigenvalue weighted by Gasteiger charge is 2.42. The first-order valence-electron chi connectivity index (χ1n) is 7.60. The highest BCUT2D eigenvalue weighted by molar-refractivity contribution is 5.84. The van der Waals surface area contributed by atoms with Crippen molar-refractivity contribution in [3.05, 3.63) is 35.4 Å². The molecule has 1 aromatic carbocycles. The third-order valence-corrected chi connectivity index (χ3v) is 4.26. The molecule has 116 valence electrons. The third-order valence-electron chi connectivity index (χ3n) is 4.26. The Kier molecular flexibility index (Phi) is 5.01. The van der Waals surface area contributed by atoms with E-state index in [0.29, 0.717) is 12.5 Å². The van der Waals surface area contributed by atoms with Crippen LogP contribution in [0.25, 0.3) is 0 Å². The molecule has 1 amide bonds.